The van der Waals surface area contributed by atoms with Crippen LogP contribution in [0.5, 0.6) is 0 Å². The van der Waals surface area contributed by atoms with Gasteiger partial charge >= 0.3 is 0 Å². The Morgan fingerprint density at radius 3 is 2.02 bits per heavy atom. The van der Waals surface area contributed by atoms with Crippen LogP contribution in [0, 0.1) is 5.92 Å². The number of furan rings is 1. The number of fused-ring (bicyclic) bond motifs is 7. The van der Waals surface area contributed by atoms with E-state index in [2.05, 4.69) is 153 Å². The van der Waals surface area contributed by atoms with E-state index in [1.807, 2.05) is 29.5 Å². The van der Waals surface area contributed by atoms with Crippen molar-refractivity contribution in [3.8, 4) is 33.9 Å². The van der Waals surface area contributed by atoms with Crippen molar-refractivity contribution in [3.63, 3.8) is 0 Å². The number of rotatable bonds is 5. The van der Waals surface area contributed by atoms with Crippen LogP contribution in [-0.4, -0.2) is 15.0 Å². The molecule has 1 aliphatic rings. The van der Waals surface area contributed by atoms with Crippen molar-refractivity contribution < 1.29 is 4.42 Å². The Bertz CT molecular complexity index is 3210. The molecule has 4 nitrogen and oxygen atoms in total. The van der Waals surface area contributed by atoms with E-state index in [-0.39, 0.29) is 0 Å². The normalized spacial score (nSPS) is 14.6. The fraction of sp³-hybridized carbons (Fsp3) is 0.0600. The number of hydrogen-bond donors (Lipinski definition) is 0. The average molecular weight is 724 g/mol. The lowest BCUT2D eigenvalue weighted by molar-refractivity contribution is 0.669. The van der Waals surface area contributed by atoms with Gasteiger partial charge in [0, 0.05) is 47.6 Å². The van der Waals surface area contributed by atoms with Crippen LogP contribution in [-0.2, 0) is 0 Å². The maximum Gasteiger partial charge on any atom is 0.164 e. The maximum absolute atomic E-state index is 6.32. The van der Waals surface area contributed by atoms with Crippen molar-refractivity contribution in [2.75, 3.05) is 0 Å². The Hall–Kier alpha value is -6.69. The molecule has 0 radical (unpaired) electrons. The molecule has 0 saturated heterocycles. The second kappa shape index (κ2) is 12.7. The van der Waals surface area contributed by atoms with Crippen LogP contribution in [0.2, 0.25) is 0 Å². The molecule has 0 amide bonds. The van der Waals surface area contributed by atoms with E-state index in [1.165, 1.54) is 42.4 Å². The zero-order valence-corrected chi connectivity index (χ0v) is 30.8. The van der Waals surface area contributed by atoms with Crippen LogP contribution in [0.1, 0.15) is 24.7 Å². The van der Waals surface area contributed by atoms with Gasteiger partial charge in [-0.05, 0) is 75.7 Å². The van der Waals surface area contributed by atoms with E-state index in [1.54, 1.807) is 0 Å². The molecule has 0 N–H and O–H groups in total. The van der Waals surface area contributed by atoms with Gasteiger partial charge in [-0.3, -0.25) is 0 Å². The molecule has 55 heavy (non-hydrogen) atoms. The van der Waals surface area contributed by atoms with E-state index < -0.39 is 0 Å². The Kier molecular flexibility index (Phi) is 7.36. The summed E-state index contributed by atoms with van der Waals surface area (Å²) in [4.78, 5) is 15.7. The Balaban J connectivity index is 1.10. The largest absolute Gasteiger partial charge is 0.456 e. The first-order chi connectivity index (χ1) is 27.2. The minimum absolute atomic E-state index is 0.301. The molecule has 1 unspecified atom stereocenters. The molecular weight excluding hydrogens is 691 g/mol. The third-order valence-corrected chi connectivity index (χ3v) is 12.3. The molecular formula is C50H33N3OS. The highest BCUT2D eigenvalue weighted by atomic mass is 32.1. The first-order valence-corrected chi connectivity index (χ1v) is 19.5. The minimum Gasteiger partial charge on any atom is -0.456 e. The number of allylic oxidation sites excluding steroid dienone is 4. The predicted molar refractivity (Wildman–Crippen MR) is 230 cm³/mol. The molecule has 3 aromatic heterocycles. The standard InChI is InChI=1S/C50H33N3OS/c1-30-28-32(22-24-34(30)31-12-3-2-4-13-31)48-51-49(33-23-25-39-38-16-7-9-20-44(38)54-45(39)29-33)53-50(52-48)43-27-26-37(35-14-5-6-15-36(35)43)41-18-11-19-42-40-17-8-10-21-46(40)55-47(41)42/h2-27,29-30H,28H2,1H3. The first kappa shape index (κ1) is 31.8. The summed E-state index contributed by atoms with van der Waals surface area (Å²) in [7, 11) is 0. The molecule has 0 aliphatic heterocycles. The van der Waals surface area contributed by atoms with Crippen molar-refractivity contribution in [2.24, 2.45) is 5.92 Å². The maximum atomic E-state index is 6.32. The van der Waals surface area contributed by atoms with Gasteiger partial charge in [0.25, 0.3) is 0 Å². The van der Waals surface area contributed by atoms with Crippen molar-refractivity contribution in [2.45, 2.75) is 13.3 Å². The van der Waals surface area contributed by atoms with Crippen molar-refractivity contribution in [1.29, 1.82) is 0 Å². The smallest absolute Gasteiger partial charge is 0.164 e. The molecule has 0 spiro atoms. The third-order valence-electron chi connectivity index (χ3n) is 11.0. The highest BCUT2D eigenvalue weighted by molar-refractivity contribution is 7.26. The van der Waals surface area contributed by atoms with Gasteiger partial charge in [0.1, 0.15) is 11.2 Å². The summed E-state index contributed by atoms with van der Waals surface area (Å²) in [6.07, 6.45) is 5.26. The fourth-order valence-electron chi connectivity index (χ4n) is 8.36. The van der Waals surface area contributed by atoms with Gasteiger partial charge in [0.2, 0.25) is 0 Å². The predicted octanol–water partition coefficient (Wildman–Crippen LogP) is 13.8. The first-order valence-electron chi connectivity index (χ1n) is 18.7. The molecule has 260 valence electrons. The summed E-state index contributed by atoms with van der Waals surface area (Å²) in [6, 6.07) is 53.5. The summed E-state index contributed by atoms with van der Waals surface area (Å²) in [5, 5.41) is 7.03. The monoisotopic (exact) mass is 723 g/mol. The highest BCUT2D eigenvalue weighted by Crippen LogP contribution is 2.44. The third kappa shape index (κ3) is 5.30. The lowest BCUT2D eigenvalue weighted by atomic mass is 9.84. The number of thiophene rings is 1. The number of aromatic nitrogens is 3. The zero-order chi connectivity index (χ0) is 36.5. The molecule has 7 aromatic carbocycles. The Morgan fingerprint density at radius 1 is 0.491 bits per heavy atom. The van der Waals surface area contributed by atoms with E-state index in [0.29, 0.717) is 23.4 Å². The second-order valence-electron chi connectivity index (χ2n) is 14.4. The number of benzene rings is 7. The van der Waals surface area contributed by atoms with Gasteiger partial charge in [0.05, 0.1) is 0 Å². The molecule has 5 heteroatoms. The molecule has 1 aliphatic carbocycles. The Labute approximate surface area is 321 Å². The summed E-state index contributed by atoms with van der Waals surface area (Å²) in [5.41, 5.74) is 9.65. The van der Waals surface area contributed by atoms with E-state index >= 15 is 0 Å². The minimum atomic E-state index is 0.301. The molecule has 0 saturated carbocycles. The molecule has 0 fully saturated rings. The van der Waals surface area contributed by atoms with Crippen molar-refractivity contribution in [1.82, 2.24) is 15.0 Å². The number of hydrogen-bond acceptors (Lipinski definition) is 5. The quantitative estimate of drug-likeness (QED) is 0.177. The SMILES string of the molecule is CC1CC(c2nc(-c3ccc4c(c3)oc3ccccc34)nc(-c3ccc(-c4cccc5c4sc4ccccc45)c4ccccc34)n2)=CC=C1c1ccccc1. The van der Waals surface area contributed by atoms with Gasteiger partial charge in [-0.1, -0.05) is 140 Å². The van der Waals surface area contributed by atoms with Crippen LogP contribution in [0.15, 0.2) is 168 Å². The van der Waals surface area contributed by atoms with Crippen LogP contribution in [0.3, 0.4) is 0 Å². The van der Waals surface area contributed by atoms with Crippen molar-refractivity contribution in [3.05, 3.63) is 175 Å². The molecule has 1 atom stereocenters. The summed E-state index contributed by atoms with van der Waals surface area (Å²) in [6.45, 7) is 2.29. The summed E-state index contributed by atoms with van der Waals surface area (Å²) >= 11 is 1.86. The van der Waals surface area contributed by atoms with Gasteiger partial charge in [0.15, 0.2) is 17.5 Å². The van der Waals surface area contributed by atoms with Gasteiger partial charge in [-0.25, -0.2) is 15.0 Å². The van der Waals surface area contributed by atoms with Gasteiger partial charge in [-0.15, -0.1) is 11.3 Å². The number of para-hydroxylation sites is 1. The average Bonchev–Trinajstić information content (AvgIpc) is 3.82. The molecule has 3 heterocycles. The van der Waals surface area contributed by atoms with Crippen LogP contribution in [0.4, 0.5) is 0 Å². The second-order valence-corrected chi connectivity index (χ2v) is 15.4. The number of nitrogens with zero attached hydrogens (tertiary/aromatic N) is 3. The van der Waals surface area contributed by atoms with Crippen LogP contribution in [0.25, 0.3) is 97.9 Å². The van der Waals surface area contributed by atoms with E-state index in [9.17, 15) is 0 Å². The fourth-order valence-corrected chi connectivity index (χ4v) is 9.59. The summed E-state index contributed by atoms with van der Waals surface area (Å²) in [5.74, 6) is 2.27. The molecule has 0 bridgehead atoms. The van der Waals surface area contributed by atoms with Crippen LogP contribution >= 0.6 is 11.3 Å². The van der Waals surface area contributed by atoms with Crippen LogP contribution < -0.4 is 0 Å². The van der Waals surface area contributed by atoms with E-state index in [4.69, 9.17) is 19.4 Å². The Morgan fingerprint density at radius 2 is 1.16 bits per heavy atom. The zero-order valence-electron chi connectivity index (χ0n) is 30.0. The summed E-state index contributed by atoms with van der Waals surface area (Å²) < 4.78 is 8.92. The van der Waals surface area contributed by atoms with Gasteiger partial charge in [-0.2, -0.15) is 0 Å². The topological polar surface area (TPSA) is 51.8 Å². The highest BCUT2D eigenvalue weighted by Gasteiger charge is 2.23. The van der Waals surface area contributed by atoms with Crippen molar-refractivity contribution >= 4 is 75.4 Å². The molecule has 11 rings (SSSR count). The molecule has 10 aromatic rings. The van der Waals surface area contributed by atoms with Gasteiger partial charge < -0.3 is 4.42 Å². The van der Waals surface area contributed by atoms with E-state index in [0.717, 1.165) is 55.8 Å². The lowest BCUT2D eigenvalue weighted by Crippen LogP contribution is -2.09. The lowest BCUT2D eigenvalue weighted by Gasteiger charge is -2.22.